The Hall–Kier alpha value is -3.40. The van der Waals surface area contributed by atoms with E-state index in [9.17, 15) is 23.1 Å². The van der Waals surface area contributed by atoms with Crippen LogP contribution in [-0.2, 0) is 6.18 Å². The van der Waals surface area contributed by atoms with Gasteiger partial charge in [-0.25, -0.2) is 9.78 Å². The van der Waals surface area contributed by atoms with Crippen molar-refractivity contribution >= 4 is 6.03 Å². The fourth-order valence-corrected chi connectivity index (χ4v) is 5.12. The third-order valence-electron chi connectivity index (χ3n) is 7.15. The summed E-state index contributed by atoms with van der Waals surface area (Å²) in [5.41, 5.74) is 1.83. The predicted molar refractivity (Wildman–Crippen MR) is 127 cm³/mol. The first-order valence-corrected chi connectivity index (χ1v) is 12.1. The molecule has 0 radical (unpaired) electrons. The van der Waals surface area contributed by atoms with Crippen molar-refractivity contribution in [2.24, 2.45) is 0 Å². The maximum absolute atomic E-state index is 13.4. The smallest absolute Gasteiger partial charge is 0.393 e. The molecule has 2 aromatic heterocycles. The number of halogens is 3. The zero-order valence-electron chi connectivity index (χ0n) is 19.7. The summed E-state index contributed by atoms with van der Waals surface area (Å²) in [5, 5.41) is 9.83. The summed E-state index contributed by atoms with van der Waals surface area (Å²) in [7, 11) is 0. The molecule has 0 spiro atoms. The van der Waals surface area contributed by atoms with E-state index in [0.717, 1.165) is 29.1 Å². The van der Waals surface area contributed by atoms with Gasteiger partial charge < -0.3 is 19.5 Å². The standard InChI is InChI=1S/C26H28F3N5O2/c27-26(28,29)21-3-1-18(2-4-21)19-13-20(24-16-34(17-31-24)22-5-9-30-10-6-22)15-33(14-19)25(36)32-11-7-23(35)8-12-32/h1-6,9-10,16-17,19-20,23,35H,7-8,11-15H2. The minimum absolute atomic E-state index is 0.0755. The molecule has 0 aliphatic carbocycles. The fourth-order valence-electron chi connectivity index (χ4n) is 5.12. The van der Waals surface area contributed by atoms with Crippen molar-refractivity contribution in [1.82, 2.24) is 24.3 Å². The first-order chi connectivity index (χ1) is 17.3. The lowest BCUT2D eigenvalue weighted by Gasteiger charge is -2.41. The molecule has 1 N–H and O–H groups in total. The van der Waals surface area contributed by atoms with Gasteiger partial charge in [-0.15, -0.1) is 0 Å². The Kier molecular flexibility index (Phi) is 6.70. The number of piperidine rings is 2. The highest BCUT2D eigenvalue weighted by Crippen LogP contribution is 2.37. The van der Waals surface area contributed by atoms with E-state index in [4.69, 9.17) is 0 Å². The Balaban J connectivity index is 1.41. The second-order valence-corrected chi connectivity index (χ2v) is 9.57. The maximum atomic E-state index is 13.4. The molecule has 3 aromatic rings. The number of aliphatic hydroxyl groups is 1. The minimum Gasteiger partial charge on any atom is -0.393 e. The topological polar surface area (TPSA) is 74.5 Å². The molecule has 2 aliphatic rings. The summed E-state index contributed by atoms with van der Waals surface area (Å²) in [5.74, 6) is -0.204. The van der Waals surface area contributed by atoms with Gasteiger partial charge in [0.15, 0.2) is 0 Å². The molecule has 36 heavy (non-hydrogen) atoms. The van der Waals surface area contributed by atoms with Crippen LogP contribution >= 0.6 is 0 Å². The Morgan fingerprint density at radius 3 is 2.28 bits per heavy atom. The van der Waals surface area contributed by atoms with Crippen molar-refractivity contribution in [3.05, 3.63) is 78.1 Å². The van der Waals surface area contributed by atoms with Gasteiger partial charge in [0.05, 0.1) is 23.7 Å². The fraction of sp³-hybridized carbons (Fsp3) is 0.423. The molecule has 1 aromatic carbocycles. The summed E-state index contributed by atoms with van der Waals surface area (Å²) in [6.45, 7) is 1.87. The second kappa shape index (κ2) is 9.93. The molecular weight excluding hydrogens is 471 g/mol. The molecule has 0 saturated carbocycles. The van der Waals surface area contributed by atoms with E-state index >= 15 is 0 Å². The SMILES string of the molecule is O=C(N1CCC(O)CC1)N1CC(c2ccc(C(F)(F)F)cc2)CC(c2cn(-c3ccncc3)cn2)C1. The van der Waals surface area contributed by atoms with E-state index < -0.39 is 11.7 Å². The van der Waals surface area contributed by atoms with Crippen LogP contribution in [0, 0.1) is 0 Å². The number of likely N-dealkylation sites (tertiary alicyclic amines) is 2. The molecule has 2 atom stereocenters. The number of carbonyl (C=O) groups is 1. The highest BCUT2D eigenvalue weighted by Gasteiger charge is 2.36. The number of nitrogens with zero attached hydrogens (tertiary/aromatic N) is 5. The molecule has 2 aliphatic heterocycles. The minimum atomic E-state index is -4.39. The number of rotatable bonds is 3. The van der Waals surface area contributed by atoms with Crippen LogP contribution in [0.1, 0.15) is 47.9 Å². The Labute approximate surface area is 207 Å². The molecule has 190 valence electrons. The van der Waals surface area contributed by atoms with Gasteiger partial charge in [-0.05, 0) is 49.1 Å². The summed E-state index contributed by atoms with van der Waals surface area (Å²) in [4.78, 5) is 25.6. The van der Waals surface area contributed by atoms with Crippen LogP contribution in [0.15, 0.2) is 61.3 Å². The predicted octanol–water partition coefficient (Wildman–Crippen LogP) is 4.44. The molecule has 2 saturated heterocycles. The number of amides is 2. The van der Waals surface area contributed by atoms with Crippen molar-refractivity contribution < 1.29 is 23.1 Å². The van der Waals surface area contributed by atoms with Crippen molar-refractivity contribution in [3.63, 3.8) is 0 Å². The number of hydrogen-bond acceptors (Lipinski definition) is 4. The number of hydrogen-bond donors (Lipinski definition) is 1. The highest BCUT2D eigenvalue weighted by atomic mass is 19.4. The molecule has 0 bridgehead atoms. The first kappa shape index (κ1) is 24.3. The van der Waals surface area contributed by atoms with E-state index in [1.807, 2.05) is 22.9 Å². The normalized spacial score (nSPS) is 21.6. The molecule has 2 amide bonds. The van der Waals surface area contributed by atoms with Crippen molar-refractivity contribution in [1.29, 1.82) is 0 Å². The van der Waals surface area contributed by atoms with Crippen LogP contribution in [-0.4, -0.2) is 67.8 Å². The van der Waals surface area contributed by atoms with Crippen molar-refractivity contribution in [3.8, 4) is 5.69 Å². The highest BCUT2D eigenvalue weighted by molar-refractivity contribution is 5.75. The van der Waals surface area contributed by atoms with E-state index in [1.165, 1.54) is 12.1 Å². The van der Waals surface area contributed by atoms with E-state index in [-0.39, 0.29) is 24.0 Å². The largest absolute Gasteiger partial charge is 0.416 e. The summed E-state index contributed by atoms with van der Waals surface area (Å²) in [6.07, 6.45) is 4.04. The Bertz CT molecular complexity index is 1170. The molecule has 10 heteroatoms. The second-order valence-electron chi connectivity index (χ2n) is 9.57. The molecule has 7 nitrogen and oxygen atoms in total. The lowest BCUT2D eigenvalue weighted by molar-refractivity contribution is -0.137. The zero-order chi connectivity index (χ0) is 25.3. The number of benzene rings is 1. The van der Waals surface area contributed by atoms with Crippen LogP contribution in [0.25, 0.3) is 5.69 Å². The van der Waals surface area contributed by atoms with Gasteiger partial charge in [-0.1, -0.05) is 12.1 Å². The van der Waals surface area contributed by atoms with Gasteiger partial charge >= 0.3 is 12.2 Å². The average Bonchev–Trinajstić information content (AvgIpc) is 3.39. The van der Waals surface area contributed by atoms with Gasteiger partial charge in [0.2, 0.25) is 0 Å². The van der Waals surface area contributed by atoms with Crippen LogP contribution in [0.3, 0.4) is 0 Å². The van der Waals surface area contributed by atoms with Gasteiger partial charge in [-0.3, -0.25) is 4.98 Å². The van der Waals surface area contributed by atoms with Crippen molar-refractivity contribution in [2.75, 3.05) is 26.2 Å². The molecule has 2 fully saturated rings. The monoisotopic (exact) mass is 499 g/mol. The van der Waals surface area contributed by atoms with Gasteiger partial charge in [-0.2, -0.15) is 13.2 Å². The van der Waals surface area contributed by atoms with Crippen LogP contribution in [0.4, 0.5) is 18.0 Å². The van der Waals surface area contributed by atoms with Crippen LogP contribution in [0.5, 0.6) is 0 Å². The van der Waals surface area contributed by atoms with Crippen LogP contribution < -0.4 is 0 Å². The number of imidazole rings is 1. The lowest BCUT2D eigenvalue weighted by atomic mass is 9.83. The molecule has 2 unspecified atom stereocenters. The van der Waals surface area contributed by atoms with Gasteiger partial charge in [0.1, 0.15) is 0 Å². The summed E-state index contributed by atoms with van der Waals surface area (Å²) in [6, 6.07) is 8.90. The zero-order valence-corrected chi connectivity index (χ0v) is 19.7. The maximum Gasteiger partial charge on any atom is 0.416 e. The number of pyridine rings is 1. The number of aromatic nitrogens is 3. The Morgan fingerprint density at radius 1 is 0.944 bits per heavy atom. The third kappa shape index (κ3) is 5.23. The number of aliphatic hydroxyl groups excluding tert-OH is 1. The average molecular weight is 500 g/mol. The van der Waals surface area contributed by atoms with E-state index in [0.29, 0.717) is 45.4 Å². The first-order valence-electron chi connectivity index (χ1n) is 12.1. The molecule has 5 rings (SSSR count). The Morgan fingerprint density at radius 2 is 1.61 bits per heavy atom. The lowest BCUT2D eigenvalue weighted by Crippen LogP contribution is -2.51. The van der Waals surface area contributed by atoms with Gasteiger partial charge in [0, 0.05) is 62.3 Å². The number of urea groups is 1. The number of alkyl halides is 3. The molecule has 4 heterocycles. The third-order valence-corrected chi connectivity index (χ3v) is 7.15. The van der Waals surface area contributed by atoms with Crippen molar-refractivity contribution in [2.45, 2.75) is 43.4 Å². The van der Waals surface area contributed by atoms with Gasteiger partial charge in [0.25, 0.3) is 0 Å². The van der Waals surface area contributed by atoms with E-state index in [2.05, 4.69) is 9.97 Å². The van der Waals surface area contributed by atoms with E-state index in [1.54, 1.807) is 28.5 Å². The summed E-state index contributed by atoms with van der Waals surface area (Å²) < 4.78 is 41.2. The number of carbonyl (C=O) groups excluding carboxylic acids is 1. The van der Waals surface area contributed by atoms with Crippen LogP contribution in [0.2, 0.25) is 0 Å². The quantitative estimate of drug-likeness (QED) is 0.579. The summed E-state index contributed by atoms with van der Waals surface area (Å²) >= 11 is 0. The molecular formula is C26H28F3N5O2.